The van der Waals surface area contributed by atoms with Crippen LogP contribution in [0.2, 0.25) is 0 Å². The van der Waals surface area contributed by atoms with Crippen molar-refractivity contribution in [1.29, 1.82) is 0 Å². The van der Waals surface area contributed by atoms with Crippen LogP contribution >= 0.6 is 11.8 Å². The Balaban J connectivity index is 2.57. The number of carbonyl (C=O) groups is 1. The Hall–Kier alpha value is -1.03. The summed E-state index contributed by atoms with van der Waals surface area (Å²) < 4.78 is 11.8. The smallest absolute Gasteiger partial charge is 0.319 e. The SMILES string of the molecule is CC(C)(SCc1ccc(F)cc1)C(=O)O. The van der Waals surface area contributed by atoms with Crippen LogP contribution in [0.3, 0.4) is 0 Å². The summed E-state index contributed by atoms with van der Waals surface area (Å²) in [5, 5.41) is 8.88. The summed E-state index contributed by atoms with van der Waals surface area (Å²) in [5.41, 5.74) is 0.927. The highest BCUT2D eigenvalue weighted by molar-refractivity contribution is 8.00. The Kier molecular flexibility index (Phi) is 3.74. The topological polar surface area (TPSA) is 37.3 Å². The number of rotatable bonds is 4. The summed E-state index contributed by atoms with van der Waals surface area (Å²) >= 11 is 1.32. The van der Waals surface area contributed by atoms with Gasteiger partial charge in [0.15, 0.2) is 0 Å². The molecular formula is C11H13FO2S. The number of halogens is 1. The molecule has 1 N–H and O–H groups in total. The van der Waals surface area contributed by atoms with Crippen LogP contribution in [-0.2, 0) is 10.5 Å². The highest BCUT2D eigenvalue weighted by Crippen LogP contribution is 2.28. The van der Waals surface area contributed by atoms with Crippen LogP contribution in [0.1, 0.15) is 19.4 Å². The molecular weight excluding hydrogens is 215 g/mol. The monoisotopic (exact) mass is 228 g/mol. The largest absolute Gasteiger partial charge is 0.480 e. The van der Waals surface area contributed by atoms with Crippen molar-refractivity contribution in [2.45, 2.75) is 24.3 Å². The molecule has 82 valence electrons. The molecule has 0 spiro atoms. The second kappa shape index (κ2) is 4.66. The Labute approximate surface area is 92.5 Å². The quantitative estimate of drug-likeness (QED) is 0.861. The molecule has 0 aromatic heterocycles. The van der Waals surface area contributed by atoms with E-state index in [1.165, 1.54) is 23.9 Å². The Morgan fingerprint density at radius 2 is 1.93 bits per heavy atom. The van der Waals surface area contributed by atoms with Crippen molar-refractivity contribution in [3.8, 4) is 0 Å². The number of carboxylic acids is 1. The van der Waals surface area contributed by atoms with E-state index in [0.29, 0.717) is 5.75 Å². The van der Waals surface area contributed by atoms with Gasteiger partial charge in [-0.15, -0.1) is 11.8 Å². The molecule has 4 heteroatoms. The third-order valence-electron chi connectivity index (χ3n) is 2.03. The Morgan fingerprint density at radius 1 is 1.40 bits per heavy atom. The highest BCUT2D eigenvalue weighted by Gasteiger charge is 2.27. The molecule has 1 aromatic rings. The maximum absolute atomic E-state index is 12.6. The van der Waals surface area contributed by atoms with Gasteiger partial charge in [-0.25, -0.2) is 4.39 Å². The lowest BCUT2D eigenvalue weighted by Crippen LogP contribution is -2.27. The molecule has 0 bridgehead atoms. The third kappa shape index (κ3) is 3.55. The van der Waals surface area contributed by atoms with Crippen molar-refractivity contribution in [1.82, 2.24) is 0 Å². The molecule has 0 atom stereocenters. The molecule has 0 heterocycles. The van der Waals surface area contributed by atoms with E-state index in [0.717, 1.165) is 5.56 Å². The van der Waals surface area contributed by atoms with Gasteiger partial charge in [0.2, 0.25) is 0 Å². The Morgan fingerprint density at radius 3 is 2.40 bits per heavy atom. The van der Waals surface area contributed by atoms with Crippen molar-refractivity contribution in [2.75, 3.05) is 0 Å². The minimum absolute atomic E-state index is 0.277. The van der Waals surface area contributed by atoms with E-state index < -0.39 is 10.7 Å². The first-order valence-corrected chi connectivity index (χ1v) is 5.52. The van der Waals surface area contributed by atoms with E-state index in [2.05, 4.69) is 0 Å². The number of carboxylic acid groups (broad SMARTS) is 1. The molecule has 15 heavy (non-hydrogen) atoms. The van der Waals surface area contributed by atoms with E-state index in [9.17, 15) is 9.18 Å². The molecule has 0 aliphatic rings. The lowest BCUT2D eigenvalue weighted by atomic mass is 10.2. The molecule has 0 amide bonds. The molecule has 1 aromatic carbocycles. The molecule has 0 saturated heterocycles. The zero-order chi connectivity index (χ0) is 11.5. The minimum Gasteiger partial charge on any atom is -0.480 e. The zero-order valence-corrected chi connectivity index (χ0v) is 9.47. The number of hydrogen-bond acceptors (Lipinski definition) is 2. The molecule has 0 aliphatic carbocycles. The van der Waals surface area contributed by atoms with Crippen molar-refractivity contribution >= 4 is 17.7 Å². The number of thioether (sulfide) groups is 1. The average Bonchev–Trinajstić information content (AvgIpc) is 2.17. The van der Waals surface area contributed by atoms with Gasteiger partial charge < -0.3 is 5.11 Å². The fourth-order valence-corrected chi connectivity index (χ4v) is 1.75. The Bertz CT molecular complexity index is 346. The van der Waals surface area contributed by atoms with Gasteiger partial charge in [0, 0.05) is 5.75 Å². The predicted molar refractivity (Wildman–Crippen MR) is 59.4 cm³/mol. The van der Waals surface area contributed by atoms with Crippen LogP contribution < -0.4 is 0 Å². The van der Waals surface area contributed by atoms with E-state index in [4.69, 9.17) is 5.11 Å². The van der Waals surface area contributed by atoms with Gasteiger partial charge in [0.1, 0.15) is 10.6 Å². The highest BCUT2D eigenvalue weighted by atomic mass is 32.2. The maximum Gasteiger partial charge on any atom is 0.319 e. The lowest BCUT2D eigenvalue weighted by Gasteiger charge is -2.18. The average molecular weight is 228 g/mol. The number of benzene rings is 1. The molecule has 0 saturated carbocycles. The van der Waals surface area contributed by atoms with Crippen molar-refractivity contribution in [3.05, 3.63) is 35.6 Å². The van der Waals surface area contributed by atoms with E-state index >= 15 is 0 Å². The first kappa shape index (κ1) is 12.0. The van der Waals surface area contributed by atoms with Gasteiger partial charge in [-0.05, 0) is 31.5 Å². The fraction of sp³-hybridized carbons (Fsp3) is 0.364. The predicted octanol–water partition coefficient (Wildman–Crippen LogP) is 2.92. The van der Waals surface area contributed by atoms with E-state index in [1.807, 2.05) is 0 Å². The summed E-state index contributed by atoms with van der Waals surface area (Å²) in [6, 6.07) is 6.09. The molecule has 1 rings (SSSR count). The first-order valence-electron chi connectivity index (χ1n) is 4.53. The maximum atomic E-state index is 12.6. The second-order valence-electron chi connectivity index (χ2n) is 3.73. The number of aliphatic carboxylic acids is 1. The van der Waals surface area contributed by atoms with Crippen LogP contribution in [0.25, 0.3) is 0 Å². The van der Waals surface area contributed by atoms with Crippen LogP contribution in [0.4, 0.5) is 4.39 Å². The third-order valence-corrected chi connectivity index (χ3v) is 3.40. The first-order chi connectivity index (χ1) is 6.92. The molecule has 0 fully saturated rings. The van der Waals surface area contributed by atoms with Crippen molar-refractivity contribution in [2.24, 2.45) is 0 Å². The standard InChI is InChI=1S/C11H13FO2S/c1-11(2,10(13)14)15-7-8-3-5-9(12)6-4-8/h3-6H,7H2,1-2H3,(H,13,14). The van der Waals surface area contributed by atoms with Gasteiger partial charge in [-0.2, -0.15) is 0 Å². The zero-order valence-electron chi connectivity index (χ0n) is 8.66. The van der Waals surface area contributed by atoms with Gasteiger partial charge in [-0.3, -0.25) is 4.79 Å². The molecule has 0 unspecified atom stereocenters. The summed E-state index contributed by atoms with van der Waals surface area (Å²) in [7, 11) is 0. The van der Waals surface area contributed by atoms with Crippen LogP contribution in [0.15, 0.2) is 24.3 Å². The van der Waals surface area contributed by atoms with E-state index in [1.54, 1.807) is 26.0 Å². The normalized spacial score (nSPS) is 11.4. The minimum atomic E-state index is -0.838. The van der Waals surface area contributed by atoms with Crippen molar-refractivity contribution < 1.29 is 14.3 Å². The number of hydrogen-bond donors (Lipinski definition) is 1. The summed E-state index contributed by atoms with van der Waals surface area (Å²) in [6.45, 7) is 3.31. The van der Waals surface area contributed by atoms with Gasteiger partial charge >= 0.3 is 5.97 Å². The van der Waals surface area contributed by atoms with Crippen LogP contribution in [0, 0.1) is 5.82 Å². The fourth-order valence-electron chi connectivity index (χ4n) is 0.906. The van der Waals surface area contributed by atoms with Crippen molar-refractivity contribution in [3.63, 3.8) is 0 Å². The van der Waals surface area contributed by atoms with Gasteiger partial charge in [0.05, 0.1) is 0 Å². The van der Waals surface area contributed by atoms with Crippen LogP contribution in [-0.4, -0.2) is 15.8 Å². The molecule has 0 radical (unpaired) electrons. The summed E-state index contributed by atoms with van der Waals surface area (Å²) in [4.78, 5) is 10.8. The van der Waals surface area contributed by atoms with Gasteiger partial charge in [-0.1, -0.05) is 12.1 Å². The van der Waals surface area contributed by atoms with Gasteiger partial charge in [0.25, 0.3) is 0 Å². The molecule has 0 aliphatic heterocycles. The summed E-state index contributed by atoms with van der Waals surface area (Å²) in [6.07, 6.45) is 0. The second-order valence-corrected chi connectivity index (χ2v) is 5.33. The van der Waals surface area contributed by atoms with Crippen LogP contribution in [0.5, 0.6) is 0 Å². The lowest BCUT2D eigenvalue weighted by molar-refractivity contribution is -0.138. The van der Waals surface area contributed by atoms with E-state index in [-0.39, 0.29) is 5.82 Å². The summed E-state index contributed by atoms with van der Waals surface area (Å²) in [5.74, 6) is -0.546. The molecule has 2 nitrogen and oxygen atoms in total.